The Balaban J connectivity index is 2.08. The summed E-state index contributed by atoms with van der Waals surface area (Å²) in [6.07, 6.45) is -0.700. The van der Waals surface area contributed by atoms with Crippen LogP contribution in [0.4, 0.5) is 0 Å². The van der Waals surface area contributed by atoms with Crippen LogP contribution in [-0.2, 0) is 9.47 Å². The molecule has 2 aliphatic rings. The van der Waals surface area contributed by atoms with E-state index in [0.717, 1.165) is 6.54 Å². The lowest BCUT2D eigenvalue weighted by Gasteiger charge is -2.20. The maximum Gasteiger partial charge on any atom is 0.175 e. The summed E-state index contributed by atoms with van der Waals surface area (Å²) in [5.74, 6) is 0. The first-order valence-corrected chi connectivity index (χ1v) is 3.42. The molecule has 0 aromatic heterocycles. The van der Waals surface area contributed by atoms with Crippen LogP contribution >= 0.6 is 0 Å². The molecule has 4 heteroatoms. The van der Waals surface area contributed by atoms with Crippen molar-refractivity contribution in [3.8, 4) is 0 Å². The highest BCUT2D eigenvalue weighted by Crippen LogP contribution is 2.26. The van der Waals surface area contributed by atoms with Crippen molar-refractivity contribution in [3.63, 3.8) is 0 Å². The molecule has 0 aliphatic carbocycles. The van der Waals surface area contributed by atoms with E-state index < -0.39 is 0 Å². The summed E-state index contributed by atoms with van der Waals surface area (Å²) in [5, 5.41) is 12.5. The molecule has 10 heavy (non-hydrogen) atoms. The zero-order chi connectivity index (χ0) is 7.14. The first-order valence-electron chi connectivity index (χ1n) is 3.42. The number of morpholine rings is 1. The summed E-state index contributed by atoms with van der Waals surface area (Å²) in [6, 6.07) is -0.0185. The van der Waals surface area contributed by atoms with Crippen molar-refractivity contribution in [2.24, 2.45) is 0 Å². The van der Waals surface area contributed by atoms with E-state index >= 15 is 0 Å². The van der Waals surface area contributed by atoms with Gasteiger partial charge >= 0.3 is 0 Å². The largest absolute Gasteiger partial charge is 0.389 e. The second kappa shape index (κ2) is 2.17. The van der Waals surface area contributed by atoms with Gasteiger partial charge in [0, 0.05) is 13.7 Å². The fraction of sp³-hybridized carbons (Fsp3) is 1.00. The standard InChI is InChI=1S/C6H11NO3/c1-9-6-4-5(8)3(10-6)2-7-4/h3-8H,2H2,1H3/t3-,4+,5+,6+/m0/s1. The van der Waals surface area contributed by atoms with Crippen LogP contribution in [0, 0.1) is 0 Å². The van der Waals surface area contributed by atoms with Crippen LogP contribution in [0.15, 0.2) is 0 Å². The molecule has 2 N–H and O–H groups in total. The molecule has 0 radical (unpaired) electrons. The van der Waals surface area contributed by atoms with E-state index in [1.165, 1.54) is 0 Å². The van der Waals surface area contributed by atoms with Crippen molar-refractivity contribution in [3.05, 3.63) is 0 Å². The molecule has 2 bridgehead atoms. The normalized spacial score (nSPS) is 52.2. The summed E-state index contributed by atoms with van der Waals surface area (Å²) >= 11 is 0. The molecule has 0 amide bonds. The Labute approximate surface area is 59.1 Å². The van der Waals surface area contributed by atoms with Crippen LogP contribution in [-0.4, -0.2) is 43.3 Å². The Bertz CT molecular complexity index is 141. The maximum absolute atomic E-state index is 9.36. The molecule has 0 aromatic rings. The lowest BCUT2D eigenvalue weighted by molar-refractivity contribution is -0.139. The highest BCUT2D eigenvalue weighted by Gasteiger charge is 2.48. The zero-order valence-corrected chi connectivity index (χ0v) is 5.78. The first kappa shape index (κ1) is 6.54. The van der Waals surface area contributed by atoms with Crippen LogP contribution in [0.3, 0.4) is 0 Å². The van der Waals surface area contributed by atoms with Gasteiger partial charge in [0.1, 0.15) is 12.2 Å². The third kappa shape index (κ3) is 0.703. The molecule has 2 heterocycles. The minimum absolute atomic E-state index is 0.0185. The Morgan fingerprint density at radius 3 is 2.80 bits per heavy atom. The molecule has 0 unspecified atom stereocenters. The van der Waals surface area contributed by atoms with Crippen LogP contribution in [0.5, 0.6) is 0 Å². The number of methoxy groups -OCH3 is 1. The highest BCUT2D eigenvalue weighted by atomic mass is 16.7. The molecule has 2 fully saturated rings. The average molecular weight is 145 g/mol. The molecular weight excluding hydrogens is 134 g/mol. The van der Waals surface area contributed by atoms with Crippen LogP contribution < -0.4 is 5.32 Å². The predicted molar refractivity (Wildman–Crippen MR) is 33.5 cm³/mol. The molecule has 0 aromatic carbocycles. The molecule has 4 atom stereocenters. The van der Waals surface area contributed by atoms with Gasteiger partial charge in [-0.25, -0.2) is 0 Å². The SMILES string of the molecule is CO[C@@H]1O[C@H]2CN[C@@H]1[C@@H]2O. The van der Waals surface area contributed by atoms with Crippen LogP contribution in [0.25, 0.3) is 0 Å². The van der Waals surface area contributed by atoms with E-state index in [1.54, 1.807) is 7.11 Å². The molecule has 0 spiro atoms. The minimum atomic E-state index is -0.384. The van der Waals surface area contributed by atoms with Gasteiger partial charge in [0.2, 0.25) is 0 Å². The van der Waals surface area contributed by atoms with Gasteiger partial charge < -0.3 is 19.9 Å². The second-order valence-corrected chi connectivity index (χ2v) is 2.70. The van der Waals surface area contributed by atoms with Gasteiger partial charge in [-0.15, -0.1) is 0 Å². The minimum Gasteiger partial charge on any atom is -0.389 e. The Kier molecular flexibility index (Phi) is 1.42. The number of aliphatic hydroxyl groups is 1. The molecule has 2 aliphatic heterocycles. The number of ether oxygens (including phenoxy) is 2. The fourth-order valence-corrected chi connectivity index (χ4v) is 1.57. The summed E-state index contributed by atoms with van der Waals surface area (Å²) in [5.41, 5.74) is 0. The van der Waals surface area contributed by atoms with Crippen molar-refractivity contribution in [1.82, 2.24) is 5.32 Å². The van der Waals surface area contributed by atoms with Gasteiger partial charge in [-0.05, 0) is 0 Å². The van der Waals surface area contributed by atoms with E-state index in [9.17, 15) is 5.11 Å². The van der Waals surface area contributed by atoms with Gasteiger partial charge in [0.15, 0.2) is 6.29 Å². The monoisotopic (exact) mass is 145 g/mol. The van der Waals surface area contributed by atoms with Crippen molar-refractivity contribution in [2.75, 3.05) is 13.7 Å². The molecular formula is C6H11NO3. The van der Waals surface area contributed by atoms with Gasteiger partial charge in [-0.1, -0.05) is 0 Å². The van der Waals surface area contributed by atoms with E-state index in [2.05, 4.69) is 5.32 Å². The van der Waals surface area contributed by atoms with Gasteiger partial charge in [-0.3, -0.25) is 0 Å². The Morgan fingerprint density at radius 2 is 2.50 bits per heavy atom. The number of hydrogen-bond donors (Lipinski definition) is 2. The third-order valence-corrected chi connectivity index (χ3v) is 2.14. The lowest BCUT2D eigenvalue weighted by atomic mass is 10.2. The number of hydrogen-bond acceptors (Lipinski definition) is 4. The quantitative estimate of drug-likeness (QED) is 0.481. The maximum atomic E-state index is 9.36. The van der Waals surface area contributed by atoms with Crippen molar-refractivity contribution < 1.29 is 14.6 Å². The van der Waals surface area contributed by atoms with Crippen molar-refractivity contribution >= 4 is 0 Å². The number of fused-ring (bicyclic) bond motifs is 2. The van der Waals surface area contributed by atoms with E-state index in [1.807, 2.05) is 0 Å². The smallest absolute Gasteiger partial charge is 0.175 e. The van der Waals surface area contributed by atoms with Crippen LogP contribution in [0.1, 0.15) is 0 Å². The number of aliphatic hydroxyl groups excluding tert-OH is 1. The highest BCUT2D eigenvalue weighted by molar-refractivity contribution is 4.99. The molecule has 0 saturated carbocycles. The summed E-state index contributed by atoms with van der Waals surface area (Å²) < 4.78 is 10.3. The zero-order valence-electron chi connectivity index (χ0n) is 5.78. The fourth-order valence-electron chi connectivity index (χ4n) is 1.57. The first-order chi connectivity index (χ1) is 4.83. The second-order valence-electron chi connectivity index (χ2n) is 2.70. The van der Waals surface area contributed by atoms with Crippen molar-refractivity contribution in [2.45, 2.75) is 24.5 Å². The summed E-state index contributed by atoms with van der Waals surface area (Å²) in [7, 11) is 1.58. The molecule has 4 nitrogen and oxygen atoms in total. The van der Waals surface area contributed by atoms with E-state index in [4.69, 9.17) is 9.47 Å². The molecule has 2 saturated heterocycles. The van der Waals surface area contributed by atoms with Crippen molar-refractivity contribution in [1.29, 1.82) is 0 Å². The van der Waals surface area contributed by atoms with E-state index in [-0.39, 0.29) is 24.5 Å². The van der Waals surface area contributed by atoms with Gasteiger partial charge in [-0.2, -0.15) is 0 Å². The number of nitrogens with one attached hydrogen (secondary N) is 1. The number of rotatable bonds is 1. The molecule has 58 valence electrons. The third-order valence-electron chi connectivity index (χ3n) is 2.14. The Hall–Kier alpha value is -0.160. The summed E-state index contributed by atoms with van der Waals surface area (Å²) in [6.45, 7) is 0.742. The molecule has 2 rings (SSSR count). The summed E-state index contributed by atoms with van der Waals surface area (Å²) in [4.78, 5) is 0. The average Bonchev–Trinajstić information content (AvgIpc) is 2.46. The van der Waals surface area contributed by atoms with E-state index in [0.29, 0.717) is 0 Å². The Morgan fingerprint density at radius 1 is 1.70 bits per heavy atom. The lowest BCUT2D eigenvalue weighted by Crippen LogP contribution is -2.41. The predicted octanol–water partition coefficient (Wildman–Crippen LogP) is -1.31. The topological polar surface area (TPSA) is 50.7 Å². The van der Waals surface area contributed by atoms with Gasteiger partial charge in [0.25, 0.3) is 0 Å². The van der Waals surface area contributed by atoms with Crippen LogP contribution in [0.2, 0.25) is 0 Å². The van der Waals surface area contributed by atoms with Gasteiger partial charge in [0.05, 0.1) is 6.04 Å².